The summed E-state index contributed by atoms with van der Waals surface area (Å²) >= 11 is 0. The summed E-state index contributed by atoms with van der Waals surface area (Å²) in [6, 6.07) is 16.8. The fourth-order valence-corrected chi connectivity index (χ4v) is 2.44. The minimum atomic E-state index is -1.05. The summed E-state index contributed by atoms with van der Waals surface area (Å²) in [7, 11) is 1.61. The van der Waals surface area contributed by atoms with Crippen LogP contribution in [0, 0.1) is 6.92 Å². The van der Waals surface area contributed by atoms with Crippen molar-refractivity contribution in [2.24, 2.45) is 0 Å². The van der Waals surface area contributed by atoms with Gasteiger partial charge in [0.25, 0.3) is 0 Å². The number of methoxy groups -OCH3 is 1. The number of hydrogen-bond acceptors (Lipinski definition) is 3. The summed E-state index contributed by atoms with van der Waals surface area (Å²) in [5, 5.41) is 13.5. The summed E-state index contributed by atoms with van der Waals surface area (Å²) in [4.78, 5) is 11.3. The summed E-state index contributed by atoms with van der Waals surface area (Å²) < 4.78 is 6.83. The summed E-state index contributed by atoms with van der Waals surface area (Å²) in [6.07, 6.45) is 0. The second kappa shape index (κ2) is 5.96. The molecule has 0 atom stereocenters. The van der Waals surface area contributed by atoms with Crippen molar-refractivity contribution in [3.05, 3.63) is 65.9 Å². The first-order valence-corrected chi connectivity index (χ1v) is 7.14. The van der Waals surface area contributed by atoms with Gasteiger partial charge in [-0.25, -0.2) is 9.48 Å². The number of para-hydroxylation sites is 1. The van der Waals surface area contributed by atoms with Gasteiger partial charge in [0.15, 0.2) is 5.69 Å². The largest absolute Gasteiger partial charge is 0.497 e. The molecule has 2 aromatic carbocycles. The van der Waals surface area contributed by atoms with Gasteiger partial charge in [0.05, 0.1) is 18.5 Å². The van der Waals surface area contributed by atoms with Gasteiger partial charge in [-0.3, -0.25) is 0 Å². The van der Waals surface area contributed by atoms with Gasteiger partial charge in [-0.2, -0.15) is 5.10 Å². The second-order valence-electron chi connectivity index (χ2n) is 5.15. The highest BCUT2D eigenvalue weighted by atomic mass is 16.5. The average molecular weight is 308 g/mol. The highest BCUT2D eigenvalue weighted by Gasteiger charge is 2.16. The Kier molecular flexibility index (Phi) is 3.85. The van der Waals surface area contributed by atoms with Gasteiger partial charge < -0.3 is 9.84 Å². The lowest BCUT2D eigenvalue weighted by atomic mass is 10.1. The molecule has 0 unspecified atom stereocenters. The zero-order valence-corrected chi connectivity index (χ0v) is 12.9. The minimum Gasteiger partial charge on any atom is -0.497 e. The number of carboxylic acid groups (broad SMARTS) is 1. The quantitative estimate of drug-likeness (QED) is 0.800. The van der Waals surface area contributed by atoms with E-state index >= 15 is 0 Å². The van der Waals surface area contributed by atoms with Crippen LogP contribution < -0.4 is 4.74 Å². The fourth-order valence-electron chi connectivity index (χ4n) is 2.44. The number of hydrogen-bond donors (Lipinski definition) is 1. The summed E-state index contributed by atoms with van der Waals surface area (Å²) in [6.45, 7) is 1.97. The molecule has 0 saturated carbocycles. The van der Waals surface area contributed by atoms with Crippen LogP contribution in [0.4, 0.5) is 0 Å². The highest BCUT2D eigenvalue weighted by molar-refractivity contribution is 5.87. The van der Waals surface area contributed by atoms with Crippen LogP contribution in [0.1, 0.15) is 16.1 Å². The summed E-state index contributed by atoms with van der Waals surface area (Å²) in [5.41, 5.74) is 3.47. The van der Waals surface area contributed by atoms with Crippen LogP contribution in [0.15, 0.2) is 54.6 Å². The van der Waals surface area contributed by atoms with Crippen LogP contribution in [0.5, 0.6) is 5.75 Å². The predicted octanol–water partition coefficient (Wildman–Crippen LogP) is 3.55. The molecular weight excluding hydrogens is 292 g/mol. The normalized spacial score (nSPS) is 10.5. The van der Waals surface area contributed by atoms with Crippen molar-refractivity contribution in [1.82, 2.24) is 9.78 Å². The van der Waals surface area contributed by atoms with E-state index in [2.05, 4.69) is 5.10 Å². The molecule has 0 aliphatic rings. The molecule has 0 aliphatic heterocycles. The Hall–Kier alpha value is -3.08. The third-order valence-corrected chi connectivity index (χ3v) is 3.66. The first-order chi connectivity index (χ1) is 11.1. The number of ether oxygens (including phenoxy) is 1. The SMILES string of the molecule is COc1ccc(-c2cc(C(=O)O)nn2-c2ccccc2C)cc1. The first-order valence-electron chi connectivity index (χ1n) is 7.14. The number of benzene rings is 2. The molecular formula is C18H16N2O3. The molecule has 116 valence electrons. The third kappa shape index (κ3) is 2.81. The molecule has 0 aliphatic carbocycles. The Balaban J connectivity index is 2.18. The molecule has 0 radical (unpaired) electrons. The number of rotatable bonds is 4. The van der Waals surface area contributed by atoms with Crippen LogP contribution in [0.25, 0.3) is 16.9 Å². The zero-order valence-electron chi connectivity index (χ0n) is 12.9. The number of aromatic carboxylic acids is 1. The molecule has 23 heavy (non-hydrogen) atoms. The van der Waals surface area contributed by atoms with Crippen LogP contribution in [0.3, 0.4) is 0 Å². The van der Waals surface area contributed by atoms with Crippen LogP contribution in [-0.4, -0.2) is 28.0 Å². The minimum absolute atomic E-state index is 0.0130. The van der Waals surface area contributed by atoms with Gasteiger partial charge in [-0.05, 0) is 48.9 Å². The van der Waals surface area contributed by atoms with Gasteiger partial charge in [0.1, 0.15) is 5.75 Å². The Morgan fingerprint density at radius 3 is 2.43 bits per heavy atom. The average Bonchev–Trinajstić information content (AvgIpc) is 3.01. The van der Waals surface area contributed by atoms with Crippen LogP contribution in [0.2, 0.25) is 0 Å². The van der Waals surface area contributed by atoms with Crippen molar-refractivity contribution in [3.8, 4) is 22.7 Å². The molecule has 0 fully saturated rings. The van der Waals surface area contributed by atoms with Crippen molar-refractivity contribution >= 4 is 5.97 Å². The van der Waals surface area contributed by atoms with E-state index in [9.17, 15) is 9.90 Å². The van der Waals surface area contributed by atoms with Gasteiger partial charge in [0.2, 0.25) is 0 Å². The maximum atomic E-state index is 11.3. The molecule has 1 N–H and O–H groups in total. The zero-order chi connectivity index (χ0) is 16.4. The molecule has 0 bridgehead atoms. The smallest absolute Gasteiger partial charge is 0.356 e. The van der Waals surface area contributed by atoms with Crippen molar-refractivity contribution in [1.29, 1.82) is 0 Å². The number of nitrogens with zero attached hydrogens (tertiary/aromatic N) is 2. The van der Waals surface area contributed by atoms with E-state index in [1.54, 1.807) is 17.9 Å². The fraction of sp³-hybridized carbons (Fsp3) is 0.111. The van der Waals surface area contributed by atoms with E-state index in [4.69, 9.17) is 4.74 Å². The van der Waals surface area contributed by atoms with Crippen LogP contribution >= 0.6 is 0 Å². The predicted molar refractivity (Wildman–Crippen MR) is 87.2 cm³/mol. The molecule has 0 amide bonds. The van der Waals surface area contributed by atoms with Gasteiger partial charge in [0, 0.05) is 5.56 Å². The van der Waals surface area contributed by atoms with Gasteiger partial charge in [-0.15, -0.1) is 0 Å². The number of carboxylic acids is 1. The standard InChI is InChI=1S/C18H16N2O3/c1-12-5-3-4-6-16(12)20-17(11-15(19-20)18(21)22)13-7-9-14(23-2)10-8-13/h3-11H,1-2H3,(H,21,22). The first kappa shape index (κ1) is 14.8. The lowest BCUT2D eigenvalue weighted by molar-refractivity contribution is 0.0690. The van der Waals surface area contributed by atoms with E-state index in [0.29, 0.717) is 0 Å². The molecule has 3 rings (SSSR count). The van der Waals surface area contributed by atoms with E-state index < -0.39 is 5.97 Å². The molecule has 1 aromatic heterocycles. The lowest BCUT2D eigenvalue weighted by Crippen LogP contribution is -2.03. The van der Waals surface area contributed by atoms with Crippen molar-refractivity contribution < 1.29 is 14.6 Å². The third-order valence-electron chi connectivity index (χ3n) is 3.66. The Morgan fingerprint density at radius 2 is 1.83 bits per heavy atom. The Morgan fingerprint density at radius 1 is 1.13 bits per heavy atom. The van der Waals surface area contributed by atoms with Crippen molar-refractivity contribution in [3.63, 3.8) is 0 Å². The number of aromatic nitrogens is 2. The Labute approximate surface area is 133 Å². The molecule has 5 heteroatoms. The maximum Gasteiger partial charge on any atom is 0.356 e. The van der Waals surface area contributed by atoms with Gasteiger partial charge in [-0.1, -0.05) is 18.2 Å². The summed E-state index contributed by atoms with van der Waals surface area (Å²) in [5.74, 6) is -0.304. The van der Waals surface area contributed by atoms with E-state index in [-0.39, 0.29) is 5.69 Å². The molecule has 1 heterocycles. The second-order valence-corrected chi connectivity index (χ2v) is 5.15. The highest BCUT2D eigenvalue weighted by Crippen LogP contribution is 2.27. The molecule has 0 saturated heterocycles. The van der Waals surface area contributed by atoms with E-state index in [1.807, 2.05) is 55.5 Å². The molecule has 5 nitrogen and oxygen atoms in total. The van der Waals surface area contributed by atoms with Crippen LogP contribution in [-0.2, 0) is 0 Å². The topological polar surface area (TPSA) is 64.3 Å². The monoisotopic (exact) mass is 308 g/mol. The maximum absolute atomic E-state index is 11.3. The number of carbonyl (C=O) groups is 1. The van der Waals surface area contributed by atoms with Crippen molar-refractivity contribution in [2.75, 3.05) is 7.11 Å². The lowest BCUT2D eigenvalue weighted by Gasteiger charge is -2.10. The number of aryl methyl sites for hydroxylation is 1. The van der Waals surface area contributed by atoms with E-state index in [1.165, 1.54) is 0 Å². The van der Waals surface area contributed by atoms with Gasteiger partial charge >= 0.3 is 5.97 Å². The molecule has 0 spiro atoms. The molecule has 3 aromatic rings. The van der Waals surface area contributed by atoms with E-state index in [0.717, 1.165) is 28.3 Å². The van der Waals surface area contributed by atoms with Crippen molar-refractivity contribution in [2.45, 2.75) is 6.92 Å². The Bertz CT molecular complexity index is 851.